The lowest BCUT2D eigenvalue weighted by Gasteiger charge is -2.01. The molecule has 0 radical (unpaired) electrons. The summed E-state index contributed by atoms with van der Waals surface area (Å²) >= 11 is 1.79. The number of aliphatic hydroxyl groups excluding tert-OH is 1. The first-order valence-corrected chi connectivity index (χ1v) is 4.25. The van der Waals surface area contributed by atoms with Crippen molar-refractivity contribution >= 4 is 22.6 Å². The molecule has 0 saturated carbocycles. The number of nitrogens with zero attached hydrogens (tertiary/aromatic N) is 1. The highest BCUT2D eigenvalue weighted by Gasteiger charge is 2.07. The van der Waals surface area contributed by atoms with Crippen molar-refractivity contribution in [1.29, 1.82) is 5.26 Å². The number of aliphatic hydroxyl groups is 1. The fraction of sp³-hybridized carbons (Fsp3) is 0.125. The Morgan fingerprint density at radius 3 is 2.75 bits per heavy atom. The van der Waals surface area contributed by atoms with Crippen LogP contribution in [0.3, 0.4) is 0 Å². The molecular formula is C8H5FINO. The van der Waals surface area contributed by atoms with E-state index in [1.807, 2.05) is 6.07 Å². The molecule has 1 rings (SSSR count). The smallest absolute Gasteiger partial charge is 0.142 e. The van der Waals surface area contributed by atoms with Crippen LogP contribution in [0, 0.1) is 20.7 Å². The van der Waals surface area contributed by atoms with Gasteiger partial charge in [-0.3, -0.25) is 0 Å². The van der Waals surface area contributed by atoms with Crippen molar-refractivity contribution in [2.75, 3.05) is 0 Å². The van der Waals surface area contributed by atoms with E-state index in [0.29, 0.717) is 9.13 Å². The Kier molecular flexibility index (Phi) is 3.00. The van der Waals surface area contributed by atoms with Gasteiger partial charge in [0.05, 0.1) is 21.8 Å². The molecule has 12 heavy (non-hydrogen) atoms. The molecule has 0 saturated heterocycles. The first kappa shape index (κ1) is 9.42. The maximum atomic E-state index is 13.0. The van der Waals surface area contributed by atoms with Crippen molar-refractivity contribution in [3.05, 3.63) is 32.6 Å². The molecule has 0 aliphatic carbocycles. The summed E-state index contributed by atoms with van der Waals surface area (Å²) < 4.78 is 13.4. The second-order valence-electron chi connectivity index (χ2n) is 2.20. The molecule has 0 atom stereocenters. The monoisotopic (exact) mass is 277 g/mol. The topological polar surface area (TPSA) is 44.0 Å². The summed E-state index contributed by atoms with van der Waals surface area (Å²) in [5, 5.41) is 17.2. The molecular weight excluding hydrogens is 272 g/mol. The first-order valence-electron chi connectivity index (χ1n) is 3.18. The van der Waals surface area contributed by atoms with Gasteiger partial charge < -0.3 is 5.11 Å². The normalized spacial score (nSPS) is 9.50. The van der Waals surface area contributed by atoms with Gasteiger partial charge in [0.1, 0.15) is 5.82 Å². The molecule has 62 valence electrons. The Morgan fingerprint density at radius 2 is 2.25 bits per heavy atom. The summed E-state index contributed by atoms with van der Waals surface area (Å²) in [5.41, 5.74) is 0.531. The van der Waals surface area contributed by atoms with Gasteiger partial charge >= 0.3 is 0 Å². The number of hydrogen-bond acceptors (Lipinski definition) is 2. The number of hydrogen-bond donors (Lipinski definition) is 1. The van der Waals surface area contributed by atoms with E-state index in [4.69, 9.17) is 10.4 Å². The van der Waals surface area contributed by atoms with Gasteiger partial charge in [0.25, 0.3) is 0 Å². The third-order valence-electron chi connectivity index (χ3n) is 1.40. The molecule has 0 unspecified atom stereocenters. The fourth-order valence-corrected chi connectivity index (χ4v) is 1.51. The first-order chi connectivity index (χ1) is 5.69. The molecule has 0 aliphatic heterocycles. The van der Waals surface area contributed by atoms with Crippen LogP contribution in [0.4, 0.5) is 4.39 Å². The quantitative estimate of drug-likeness (QED) is 0.795. The summed E-state index contributed by atoms with van der Waals surface area (Å²) in [6.45, 7) is -0.378. The summed E-state index contributed by atoms with van der Waals surface area (Å²) in [6, 6.07) is 4.67. The molecule has 0 spiro atoms. The summed E-state index contributed by atoms with van der Waals surface area (Å²) in [4.78, 5) is 0. The Labute approximate surface area is 82.8 Å². The Balaban J connectivity index is 3.31. The van der Waals surface area contributed by atoms with Crippen LogP contribution in [0.2, 0.25) is 0 Å². The second-order valence-corrected chi connectivity index (χ2v) is 3.36. The largest absolute Gasteiger partial charge is 0.392 e. The minimum Gasteiger partial charge on any atom is -0.392 e. The van der Waals surface area contributed by atoms with Gasteiger partial charge in [0.2, 0.25) is 0 Å². The van der Waals surface area contributed by atoms with Crippen molar-refractivity contribution in [2.24, 2.45) is 0 Å². The highest BCUT2D eigenvalue weighted by Crippen LogP contribution is 2.17. The molecule has 0 bridgehead atoms. The molecule has 0 aliphatic rings. The van der Waals surface area contributed by atoms with E-state index in [9.17, 15) is 4.39 Å². The number of halogens is 2. The predicted octanol–water partition coefficient (Wildman–Crippen LogP) is 1.79. The minimum atomic E-state index is -0.447. The average molecular weight is 277 g/mol. The molecule has 0 heterocycles. The van der Waals surface area contributed by atoms with Crippen LogP contribution in [-0.4, -0.2) is 5.11 Å². The van der Waals surface area contributed by atoms with E-state index in [1.165, 1.54) is 12.1 Å². The van der Waals surface area contributed by atoms with Gasteiger partial charge in [-0.1, -0.05) is 0 Å². The highest BCUT2D eigenvalue weighted by atomic mass is 127. The lowest BCUT2D eigenvalue weighted by atomic mass is 10.1. The standard InChI is InChI=1S/C8H5FINO/c9-8-6(4-12)1-5(3-11)2-7(8)10/h1-2,12H,4H2. The van der Waals surface area contributed by atoms with E-state index in [1.54, 1.807) is 22.6 Å². The number of benzene rings is 1. The van der Waals surface area contributed by atoms with Crippen LogP contribution < -0.4 is 0 Å². The molecule has 4 heteroatoms. The number of rotatable bonds is 1. The van der Waals surface area contributed by atoms with Crippen LogP contribution >= 0.6 is 22.6 Å². The van der Waals surface area contributed by atoms with Crippen LogP contribution in [0.1, 0.15) is 11.1 Å². The molecule has 0 fully saturated rings. The van der Waals surface area contributed by atoms with Gasteiger partial charge in [-0.25, -0.2) is 4.39 Å². The van der Waals surface area contributed by atoms with E-state index in [0.717, 1.165) is 0 Å². The Morgan fingerprint density at radius 1 is 1.58 bits per heavy atom. The zero-order valence-corrected chi connectivity index (χ0v) is 8.17. The third kappa shape index (κ3) is 1.73. The molecule has 2 nitrogen and oxygen atoms in total. The third-order valence-corrected chi connectivity index (χ3v) is 2.19. The Hall–Kier alpha value is -0.670. The van der Waals surface area contributed by atoms with Crippen LogP contribution in [0.15, 0.2) is 12.1 Å². The van der Waals surface area contributed by atoms with Gasteiger partial charge in [-0.15, -0.1) is 0 Å². The lowest BCUT2D eigenvalue weighted by Crippen LogP contribution is -1.94. The van der Waals surface area contributed by atoms with E-state index >= 15 is 0 Å². The summed E-state index contributed by atoms with van der Waals surface area (Å²) in [5.74, 6) is -0.447. The highest BCUT2D eigenvalue weighted by molar-refractivity contribution is 14.1. The molecule has 1 N–H and O–H groups in total. The number of nitriles is 1. The van der Waals surface area contributed by atoms with Crippen molar-refractivity contribution in [2.45, 2.75) is 6.61 Å². The summed E-state index contributed by atoms with van der Waals surface area (Å²) in [6.07, 6.45) is 0. The molecule has 0 amide bonds. The van der Waals surface area contributed by atoms with Gasteiger partial charge in [0.15, 0.2) is 0 Å². The van der Waals surface area contributed by atoms with Crippen LogP contribution in [0.5, 0.6) is 0 Å². The van der Waals surface area contributed by atoms with Crippen molar-refractivity contribution in [3.63, 3.8) is 0 Å². The van der Waals surface area contributed by atoms with Gasteiger partial charge in [0, 0.05) is 5.56 Å². The average Bonchev–Trinajstić information content (AvgIpc) is 2.09. The van der Waals surface area contributed by atoms with E-state index < -0.39 is 5.82 Å². The maximum Gasteiger partial charge on any atom is 0.142 e. The van der Waals surface area contributed by atoms with Crippen LogP contribution in [0.25, 0.3) is 0 Å². The zero-order valence-electron chi connectivity index (χ0n) is 6.01. The fourth-order valence-electron chi connectivity index (χ4n) is 0.826. The van der Waals surface area contributed by atoms with Crippen molar-refractivity contribution in [1.82, 2.24) is 0 Å². The Bertz CT molecular complexity index is 346. The molecule has 1 aromatic rings. The van der Waals surface area contributed by atoms with Crippen molar-refractivity contribution in [3.8, 4) is 6.07 Å². The maximum absolute atomic E-state index is 13.0. The molecule has 1 aromatic carbocycles. The second kappa shape index (κ2) is 3.83. The zero-order chi connectivity index (χ0) is 9.14. The summed E-state index contributed by atoms with van der Waals surface area (Å²) in [7, 11) is 0. The SMILES string of the molecule is N#Cc1cc(I)c(F)c(CO)c1. The van der Waals surface area contributed by atoms with Crippen LogP contribution in [-0.2, 0) is 6.61 Å². The minimum absolute atomic E-state index is 0.165. The lowest BCUT2D eigenvalue weighted by molar-refractivity contribution is 0.275. The predicted molar refractivity (Wildman–Crippen MR) is 49.8 cm³/mol. The van der Waals surface area contributed by atoms with Gasteiger partial charge in [-0.05, 0) is 34.7 Å². The van der Waals surface area contributed by atoms with E-state index in [2.05, 4.69) is 0 Å². The van der Waals surface area contributed by atoms with E-state index in [-0.39, 0.29) is 12.2 Å². The molecule has 0 aromatic heterocycles. The van der Waals surface area contributed by atoms with Gasteiger partial charge in [-0.2, -0.15) is 5.26 Å². The van der Waals surface area contributed by atoms with Crippen molar-refractivity contribution < 1.29 is 9.50 Å².